The summed E-state index contributed by atoms with van der Waals surface area (Å²) in [5, 5.41) is 2.86. The molecule has 0 bridgehead atoms. The zero-order valence-corrected chi connectivity index (χ0v) is 10.6. The van der Waals surface area contributed by atoms with Crippen LogP contribution in [0.5, 0.6) is 0 Å². The number of benzene rings is 1. The van der Waals surface area contributed by atoms with Gasteiger partial charge in [0.05, 0.1) is 6.42 Å². The SMILES string of the molecule is O=C1Cc2cc(C(Br)CC3CC3)ccc2N1. The van der Waals surface area contributed by atoms with Crippen molar-refractivity contribution in [3.8, 4) is 0 Å². The number of fused-ring (bicyclic) bond motifs is 1. The van der Waals surface area contributed by atoms with E-state index in [9.17, 15) is 4.79 Å². The molecule has 1 N–H and O–H groups in total. The highest BCUT2D eigenvalue weighted by molar-refractivity contribution is 9.09. The highest BCUT2D eigenvalue weighted by Crippen LogP contribution is 2.42. The maximum absolute atomic E-state index is 11.2. The predicted molar refractivity (Wildman–Crippen MR) is 67.8 cm³/mol. The third-order valence-corrected chi connectivity index (χ3v) is 4.26. The van der Waals surface area contributed by atoms with Crippen LogP contribution in [0, 0.1) is 5.92 Å². The zero-order valence-electron chi connectivity index (χ0n) is 9.00. The van der Waals surface area contributed by atoms with Crippen molar-refractivity contribution in [3.63, 3.8) is 0 Å². The van der Waals surface area contributed by atoms with Gasteiger partial charge >= 0.3 is 0 Å². The third-order valence-electron chi connectivity index (χ3n) is 3.35. The van der Waals surface area contributed by atoms with Gasteiger partial charge < -0.3 is 5.32 Å². The van der Waals surface area contributed by atoms with Crippen molar-refractivity contribution in [2.75, 3.05) is 5.32 Å². The van der Waals surface area contributed by atoms with E-state index in [1.165, 1.54) is 24.8 Å². The Bertz CT molecular complexity index is 440. The molecule has 1 saturated carbocycles. The molecule has 0 saturated heterocycles. The van der Waals surface area contributed by atoms with Crippen molar-refractivity contribution in [1.82, 2.24) is 0 Å². The van der Waals surface area contributed by atoms with Gasteiger partial charge in [0.15, 0.2) is 0 Å². The van der Waals surface area contributed by atoms with Gasteiger partial charge in [0.25, 0.3) is 0 Å². The Labute approximate surface area is 104 Å². The normalized spacial score (nSPS) is 20.4. The quantitative estimate of drug-likeness (QED) is 0.844. The topological polar surface area (TPSA) is 29.1 Å². The van der Waals surface area contributed by atoms with E-state index in [1.54, 1.807) is 0 Å². The van der Waals surface area contributed by atoms with Gasteiger partial charge in [0.2, 0.25) is 5.91 Å². The Balaban J connectivity index is 1.80. The van der Waals surface area contributed by atoms with Gasteiger partial charge in [0, 0.05) is 10.5 Å². The summed E-state index contributed by atoms with van der Waals surface area (Å²) in [5.41, 5.74) is 3.43. The number of hydrogen-bond donors (Lipinski definition) is 1. The molecule has 1 atom stereocenters. The molecule has 0 radical (unpaired) electrons. The molecule has 3 rings (SSSR count). The number of carbonyl (C=O) groups is 1. The number of anilines is 1. The number of halogens is 1. The van der Waals surface area contributed by atoms with Gasteiger partial charge in [-0.25, -0.2) is 0 Å². The smallest absolute Gasteiger partial charge is 0.228 e. The third kappa shape index (κ3) is 2.01. The largest absolute Gasteiger partial charge is 0.326 e. The average molecular weight is 280 g/mol. The molecule has 3 heteroatoms. The number of alkyl halides is 1. The number of amides is 1. The van der Waals surface area contributed by atoms with Gasteiger partial charge in [0.1, 0.15) is 0 Å². The first-order valence-electron chi connectivity index (χ1n) is 5.79. The molecule has 1 unspecified atom stereocenters. The first-order chi connectivity index (χ1) is 7.72. The molecule has 1 aromatic carbocycles. The van der Waals surface area contributed by atoms with Crippen molar-refractivity contribution >= 4 is 27.5 Å². The lowest BCUT2D eigenvalue weighted by molar-refractivity contribution is -0.115. The number of nitrogens with one attached hydrogen (secondary N) is 1. The van der Waals surface area contributed by atoms with Crippen molar-refractivity contribution in [1.29, 1.82) is 0 Å². The van der Waals surface area contributed by atoms with E-state index in [1.807, 2.05) is 6.07 Å². The lowest BCUT2D eigenvalue weighted by atomic mass is 10.0. The summed E-state index contributed by atoms with van der Waals surface area (Å²) in [5.74, 6) is 1.03. The second-order valence-corrected chi connectivity index (χ2v) is 5.89. The van der Waals surface area contributed by atoms with Crippen LogP contribution in [0.2, 0.25) is 0 Å². The summed E-state index contributed by atoms with van der Waals surface area (Å²) >= 11 is 3.74. The Morgan fingerprint density at radius 3 is 3.00 bits per heavy atom. The number of hydrogen-bond acceptors (Lipinski definition) is 1. The molecule has 0 aromatic heterocycles. The van der Waals surface area contributed by atoms with Crippen molar-refractivity contribution in [2.24, 2.45) is 5.92 Å². The minimum Gasteiger partial charge on any atom is -0.326 e. The average Bonchev–Trinajstić information content (AvgIpc) is 2.96. The molecule has 16 heavy (non-hydrogen) atoms. The van der Waals surface area contributed by atoms with E-state index in [-0.39, 0.29) is 5.91 Å². The summed E-state index contributed by atoms with van der Waals surface area (Å²) in [6, 6.07) is 6.30. The fourth-order valence-corrected chi connectivity index (χ4v) is 3.04. The van der Waals surface area contributed by atoms with E-state index < -0.39 is 0 Å². The van der Waals surface area contributed by atoms with E-state index in [2.05, 4.69) is 33.4 Å². The molecular weight excluding hydrogens is 266 g/mol. The first-order valence-corrected chi connectivity index (χ1v) is 6.70. The van der Waals surface area contributed by atoms with E-state index >= 15 is 0 Å². The first kappa shape index (κ1) is 10.3. The lowest BCUT2D eigenvalue weighted by Crippen LogP contribution is -2.03. The molecular formula is C13H14BrNO. The predicted octanol–water partition coefficient (Wildman–Crippen LogP) is 3.42. The summed E-state index contributed by atoms with van der Waals surface area (Å²) in [6.45, 7) is 0. The number of carbonyl (C=O) groups excluding carboxylic acids is 1. The van der Waals surface area contributed by atoms with Gasteiger partial charge in [-0.3, -0.25) is 4.79 Å². The molecule has 1 fully saturated rings. The molecule has 0 spiro atoms. The molecule has 84 valence electrons. The van der Waals surface area contributed by atoms with Crippen LogP contribution in [0.1, 0.15) is 35.2 Å². The molecule has 1 aromatic rings. The fraction of sp³-hybridized carbons (Fsp3) is 0.462. The highest BCUT2D eigenvalue weighted by Gasteiger charge is 2.26. The Morgan fingerprint density at radius 2 is 2.25 bits per heavy atom. The monoisotopic (exact) mass is 279 g/mol. The second kappa shape index (κ2) is 3.88. The highest BCUT2D eigenvalue weighted by atomic mass is 79.9. The summed E-state index contributed by atoms with van der Waals surface area (Å²) in [6.07, 6.45) is 4.52. The van der Waals surface area contributed by atoms with Gasteiger partial charge in [-0.05, 0) is 29.5 Å². The van der Waals surface area contributed by atoms with Crippen LogP contribution < -0.4 is 5.32 Å². The van der Waals surface area contributed by atoms with Crippen LogP contribution in [0.25, 0.3) is 0 Å². The fourth-order valence-electron chi connectivity index (χ4n) is 2.23. The molecule has 1 aliphatic carbocycles. The van der Waals surface area contributed by atoms with Crippen molar-refractivity contribution in [3.05, 3.63) is 29.3 Å². The minimum absolute atomic E-state index is 0.112. The van der Waals surface area contributed by atoms with E-state index in [0.29, 0.717) is 11.2 Å². The van der Waals surface area contributed by atoms with Crippen molar-refractivity contribution in [2.45, 2.75) is 30.5 Å². The van der Waals surface area contributed by atoms with Crippen molar-refractivity contribution < 1.29 is 4.79 Å². The summed E-state index contributed by atoms with van der Waals surface area (Å²) in [4.78, 5) is 11.7. The van der Waals surface area contributed by atoms with Gasteiger partial charge in [-0.1, -0.05) is 40.9 Å². The Morgan fingerprint density at radius 1 is 1.44 bits per heavy atom. The standard InChI is InChI=1S/C13H14BrNO/c14-11(5-8-1-2-8)9-3-4-12-10(6-9)7-13(16)15-12/h3-4,6,8,11H,1-2,5,7H2,(H,15,16). The van der Waals surface area contributed by atoms with Crippen LogP contribution in [-0.2, 0) is 11.2 Å². The molecule has 2 nitrogen and oxygen atoms in total. The summed E-state index contributed by atoms with van der Waals surface area (Å²) in [7, 11) is 0. The van der Waals surface area contributed by atoms with Crippen LogP contribution in [-0.4, -0.2) is 5.91 Å². The molecule has 2 aliphatic rings. The molecule has 1 aliphatic heterocycles. The maximum atomic E-state index is 11.2. The van der Waals surface area contributed by atoms with Gasteiger partial charge in [-0.2, -0.15) is 0 Å². The van der Waals surface area contributed by atoms with Gasteiger partial charge in [-0.15, -0.1) is 0 Å². The van der Waals surface area contributed by atoms with Crippen LogP contribution >= 0.6 is 15.9 Å². The molecule has 1 heterocycles. The van der Waals surface area contributed by atoms with Crippen LogP contribution in [0.15, 0.2) is 18.2 Å². The minimum atomic E-state index is 0.112. The molecule has 1 amide bonds. The van der Waals surface area contributed by atoms with E-state index in [0.717, 1.165) is 17.2 Å². The van der Waals surface area contributed by atoms with Crippen LogP contribution in [0.3, 0.4) is 0 Å². The zero-order chi connectivity index (χ0) is 11.1. The lowest BCUT2D eigenvalue weighted by Gasteiger charge is -2.10. The maximum Gasteiger partial charge on any atom is 0.228 e. The summed E-state index contributed by atoms with van der Waals surface area (Å²) < 4.78 is 0. The Kier molecular flexibility index (Phi) is 2.51. The number of rotatable bonds is 3. The Hall–Kier alpha value is -0.830. The van der Waals surface area contributed by atoms with Crippen LogP contribution in [0.4, 0.5) is 5.69 Å². The van der Waals surface area contributed by atoms with E-state index in [4.69, 9.17) is 0 Å². The second-order valence-electron chi connectivity index (χ2n) is 4.79.